The van der Waals surface area contributed by atoms with Gasteiger partial charge in [-0.25, -0.2) is 0 Å². The first-order valence-corrected chi connectivity index (χ1v) is 8.66. The van der Waals surface area contributed by atoms with Gasteiger partial charge in [0.05, 0.1) is 11.1 Å². The molecule has 0 aliphatic rings. The highest BCUT2D eigenvalue weighted by Crippen LogP contribution is 2.11. The van der Waals surface area contributed by atoms with E-state index in [9.17, 15) is 9.59 Å². The van der Waals surface area contributed by atoms with Crippen LogP contribution >= 0.6 is 11.6 Å². The highest BCUT2D eigenvalue weighted by atomic mass is 35.5. The van der Waals surface area contributed by atoms with Crippen LogP contribution in [0.5, 0.6) is 0 Å². The van der Waals surface area contributed by atoms with E-state index < -0.39 is 0 Å². The fourth-order valence-corrected chi connectivity index (χ4v) is 2.43. The van der Waals surface area contributed by atoms with Crippen molar-refractivity contribution in [1.82, 2.24) is 15.6 Å². The number of amides is 2. The molecule has 2 aromatic rings. The second-order valence-electron chi connectivity index (χ2n) is 5.88. The van der Waals surface area contributed by atoms with Crippen molar-refractivity contribution in [2.75, 3.05) is 6.54 Å². The molecule has 1 aromatic heterocycles. The molecule has 25 heavy (non-hydrogen) atoms. The first-order chi connectivity index (χ1) is 12.0. The highest BCUT2D eigenvalue weighted by molar-refractivity contribution is 6.30. The lowest BCUT2D eigenvalue weighted by Crippen LogP contribution is -2.32. The van der Waals surface area contributed by atoms with E-state index in [1.807, 2.05) is 38.1 Å². The number of hydrogen-bond acceptors (Lipinski definition) is 3. The van der Waals surface area contributed by atoms with Crippen LogP contribution in [0.15, 0.2) is 42.7 Å². The summed E-state index contributed by atoms with van der Waals surface area (Å²) in [5.41, 5.74) is 1.79. The summed E-state index contributed by atoms with van der Waals surface area (Å²) in [6, 6.07) is 9.14. The number of rotatable bonds is 7. The van der Waals surface area contributed by atoms with E-state index in [-0.39, 0.29) is 17.9 Å². The molecular formula is C19H22ClN3O2. The van der Waals surface area contributed by atoms with Crippen LogP contribution in [0.4, 0.5) is 0 Å². The first kappa shape index (κ1) is 18.9. The zero-order valence-electron chi connectivity index (χ0n) is 14.4. The number of benzene rings is 1. The predicted octanol–water partition coefficient (Wildman–Crippen LogP) is 3.24. The molecule has 0 saturated heterocycles. The molecule has 132 valence electrons. The minimum atomic E-state index is -0.257. The van der Waals surface area contributed by atoms with E-state index >= 15 is 0 Å². The molecule has 0 saturated carbocycles. The zero-order chi connectivity index (χ0) is 18.2. The van der Waals surface area contributed by atoms with E-state index in [4.69, 9.17) is 11.6 Å². The lowest BCUT2D eigenvalue weighted by Gasteiger charge is -2.11. The maximum atomic E-state index is 12.2. The number of pyridine rings is 1. The molecule has 0 spiro atoms. The van der Waals surface area contributed by atoms with Crippen LogP contribution in [0.25, 0.3) is 0 Å². The Morgan fingerprint density at radius 1 is 1.16 bits per heavy atom. The molecule has 1 atom stereocenters. The SMILES string of the molecule is CCC(C)NC(=O)c1cncc(C(=O)NCCc2cccc(Cl)c2)c1. The van der Waals surface area contributed by atoms with E-state index in [0.717, 1.165) is 12.0 Å². The van der Waals surface area contributed by atoms with Crippen molar-refractivity contribution in [3.63, 3.8) is 0 Å². The van der Waals surface area contributed by atoms with Gasteiger partial charge in [-0.15, -0.1) is 0 Å². The molecule has 2 amide bonds. The van der Waals surface area contributed by atoms with Gasteiger partial charge in [0.25, 0.3) is 11.8 Å². The summed E-state index contributed by atoms with van der Waals surface area (Å²) >= 11 is 5.94. The van der Waals surface area contributed by atoms with Gasteiger partial charge in [-0.1, -0.05) is 30.7 Å². The smallest absolute Gasteiger partial charge is 0.253 e. The van der Waals surface area contributed by atoms with Crippen LogP contribution in [-0.2, 0) is 6.42 Å². The monoisotopic (exact) mass is 359 g/mol. The van der Waals surface area contributed by atoms with Crippen molar-refractivity contribution >= 4 is 23.4 Å². The van der Waals surface area contributed by atoms with Gasteiger partial charge >= 0.3 is 0 Å². The van der Waals surface area contributed by atoms with Crippen molar-refractivity contribution < 1.29 is 9.59 Å². The summed E-state index contributed by atoms with van der Waals surface area (Å²) in [7, 11) is 0. The number of hydrogen-bond donors (Lipinski definition) is 2. The lowest BCUT2D eigenvalue weighted by atomic mass is 10.1. The maximum Gasteiger partial charge on any atom is 0.253 e. The van der Waals surface area contributed by atoms with Crippen molar-refractivity contribution in [3.05, 3.63) is 64.4 Å². The fourth-order valence-electron chi connectivity index (χ4n) is 2.21. The molecular weight excluding hydrogens is 338 g/mol. The van der Waals surface area contributed by atoms with Crippen molar-refractivity contribution in [1.29, 1.82) is 0 Å². The van der Waals surface area contributed by atoms with Gasteiger partial charge < -0.3 is 10.6 Å². The third-order valence-corrected chi connectivity index (χ3v) is 4.08. The van der Waals surface area contributed by atoms with Crippen molar-refractivity contribution in [2.45, 2.75) is 32.7 Å². The van der Waals surface area contributed by atoms with Gasteiger partial charge in [0.1, 0.15) is 0 Å². The van der Waals surface area contributed by atoms with E-state index in [2.05, 4.69) is 15.6 Å². The summed E-state index contributed by atoms with van der Waals surface area (Å²) in [4.78, 5) is 28.4. The van der Waals surface area contributed by atoms with Gasteiger partial charge in [-0.05, 0) is 43.5 Å². The molecule has 6 heteroatoms. The Labute approximate surface area is 152 Å². The maximum absolute atomic E-state index is 12.2. The molecule has 0 bridgehead atoms. The molecule has 2 rings (SSSR count). The standard InChI is InChI=1S/C19H22ClN3O2/c1-3-13(2)23-19(25)16-10-15(11-21-12-16)18(24)22-8-7-14-5-4-6-17(20)9-14/h4-6,9-13H,3,7-8H2,1-2H3,(H,22,24)(H,23,25). The number of carbonyl (C=O) groups is 2. The summed E-state index contributed by atoms with van der Waals surface area (Å²) in [6.07, 6.45) is 4.42. The third-order valence-electron chi connectivity index (χ3n) is 3.84. The van der Waals surface area contributed by atoms with Crippen LogP contribution in [0.2, 0.25) is 5.02 Å². The van der Waals surface area contributed by atoms with Crippen molar-refractivity contribution in [3.8, 4) is 0 Å². The Hall–Kier alpha value is -2.40. The molecule has 1 heterocycles. The van der Waals surface area contributed by atoms with E-state index in [1.54, 1.807) is 6.07 Å². The minimum absolute atomic E-state index is 0.0719. The van der Waals surface area contributed by atoms with Crippen LogP contribution < -0.4 is 10.6 Å². The summed E-state index contributed by atoms with van der Waals surface area (Å²) in [5, 5.41) is 6.36. The highest BCUT2D eigenvalue weighted by Gasteiger charge is 2.12. The predicted molar refractivity (Wildman–Crippen MR) is 98.9 cm³/mol. The third kappa shape index (κ3) is 5.87. The zero-order valence-corrected chi connectivity index (χ0v) is 15.1. The number of carbonyl (C=O) groups excluding carboxylic acids is 2. The lowest BCUT2D eigenvalue weighted by molar-refractivity contribution is 0.0939. The second kappa shape index (κ2) is 9.18. The summed E-state index contributed by atoms with van der Waals surface area (Å²) < 4.78 is 0. The first-order valence-electron chi connectivity index (χ1n) is 8.28. The van der Waals surface area contributed by atoms with E-state index in [0.29, 0.717) is 29.1 Å². The quantitative estimate of drug-likeness (QED) is 0.797. The number of aromatic nitrogens is 1. The van der Waals surface area contributed by atoms with Gasteiger partial charge in [0.2, 0.25) is 0 Å². The molecule has 2 N–H and O–H groups in total. The van der Waals surface area contributed by atoms with Gasteiger partial charge in [-0.2, -0.15) is 0 Å². The minimum Gasteiger partial charge on any atom is -0.352 e. The van der Waals surface area contributed by atoms with Crippen LogP contribution in [0.3, 0.4) is 0 Å². The summed E-state index contributed by atoms with van der Waals surface area (Å²) in [6.45, 7) is 4.40. The van der Waals surface area contributed by atoms with Crippen LogP contribution in [0.1, 0.15) is 46.5 Å². The topological polar surface area (TPSA) is 71.1 Å². The normalized spacial score (nSPS) is 11.6. The number of halogens is 1. The summed E-state index contributed by atoms with van der Waals surface area (Å²) in [5.74, 6) is -0.483. The molecule has 0 aliphatic carbocycles. The molecule has 5 nitrogen and oxygen atoms in total. The number of nitrogens with zero attached hydrogens (tertiary/aromatic N) is 1. The molecule has 0 fully saturated rings. The Morgan fingerprint density at radius 3 is 2.56 bits per heavy atom. The van der Waals surface area contributed by atoms with Gasteiger partial charge in [0.15, 0.2) is 0 Å². The Morgan fingerprint density at radius 2 is 1.88 bits per heavy atom. The molecule has 0 aliphatic heterocycles. The van der Waals surface area contributed by atoms with E-state index in [1.165, 1.54) is 12.4 Å². The van der Waals surface area contributed by atoms with Gasteiger partial charge in [0, 0.05) is 30.0 Å². The van der Waals surface area contributed by atoms with Gasteiger partial charge in [-0.3, -0.25) is 14.6 Å². The fraction of sp³-hybridized carbons (Fsp3) is 0.316. The largest absolute Gasteiger partial charge is 0.352 e. The Balaban J connectivity index is 1.93. The molecule has 1 aromatic carbocycles. The van der Waals surface area contributed by atoms with Crippen LogP contribution in [0, 0.1) is 0 Å². The van der Waals surface area contributed by atoms with Crippen molar-refractivity contribution in [2.24, 2.45) is 0 Å². The molecule has 1 unspecified atom stereocenters. The van der Waals surface area contributed by atoms with Crippen LogP contribution in [-0.4, -0.2) is 29.4 Å². The average Bonchev–Trinajstić information content (AvgIpc) is 2.61. The Bertz CT molecular complexity index is 749. The Kier molecular flexibility index (Phi) is 6.95. The number of nitrogens with one attached hydrogen (secondary N) is 2. The second-order valence-corrected chi connectivity index (χ2v) is 6.32. The molecule has 0 radical (unpaired) electrons. The average molecular weight is 360 g/mol.